The average Bonchev–Trinajstić information content (AvgIpc) is 2.53. The largest absolute Gasteiger partial charge is 0.372 e. The van der Waals surface area contributed by atoms with Gasteiger partial charge in [-0.1, -0.05) is 0 Å². The van der Waals surface area contributed by atoms with E-state index >= 15 is 0 Å². The average molecular weight is 331 g/mol. The number of benzene rings is 1. The summed E-state index contributed by atoms with van der Waals surface area (Å²) >= 11 is 0. The van der Waals surface area contributed by atoms with Crippen molar-refractivity contribution in [2.45, 2.75) is 45.8 Å². The number of hydrogen-bond acceptors (Lipinski definition) is 3. The molecule has 130 valence electrons. The molecule has 2 atom stereocenters. The molecule has 0 aliphatic carbocycles. The SMILES string of the molecule is CC(=O)N1CCCc2cc(NC(=O)N3CC(C)OC(C)C3)ccc21. The third-order valence-corrected chi connectivity index (χ3v) is 4.54. The molecule has 2 unspecified atom stereocenters. The number of fused-ring (bicyclic) bond motifs is 1. The first-order valence-corrected chi connectivity index (χ1v) is 8.56. The van der Waals surface area contributed by atoms with Gasteiger partial charge in [-0.05, 0) is 50.5 Å². The topological polar surface area (TPSA) is 61.9 Å². The number of hydrogen-bond donors (Lipinski definition) is 1. The van der Waals surface area contributed by atoms with Crippen LogP contribution in [0.5, 0.6) is 0 Å². The molecule has 2 heterocycles. The van der Waals surface area contributed by atoms with Gasteiger partial charge in [0.25, 0.3) is 0 Å². The smallest absolute Gasteiger partial charge is 0.322 e. The van der Waals surface area contributed by atoms with Crippen LogP contribution < -0.4 is 10.2 Å². The molecule has 1 aromatic carbocycles. The number of carbonyl (C=O) groups is 2. The van der Waals surface area contributed by atoms with Gasteiger partial charge in [0.1, 0.15) is 0 Å². The summed E-state index contributed by atoms with van der Waals surface area (Å²) in [4.78, 5) is 27.8. The molecule has 2 aliphatic heterocycles. The van der Waals surface area contributed by atoms with Gasteiger partial charge in [0, 0.05) is 37.9 Å². The number of nitrogens with one attached hydrogen (secondary N) is 1. The molecule has 0 radical (unpaired) electrons. The van der Waals surface area contributed by atoms with Crippen LogP contribution >= 0.6 is 0 Å². The molecule has 3 amide bonds. The Balaban J connectivity index is 1.72. The van der Waals surface area contributed by atoms with Crippen LogP contribution in [0.1, 0.15) is 32.8 Å². The number of ether oxygens (including phenoxy) is 1. The lowest BCUT2D eigenvalue weighted by Crippen LogP contribution is -2.49. The maximum Gasteiger partial charge on any atom is 0.322 e. The molecule has 0 saturated carbocycles. The summed E-state index contributed by atoms with van der Waals surface area (Å²) in [6.07, 6.45) is 1.97. The molecular weight excluding hydrogens is 306 g/mol. The number of aryl methyl sites for hydroxylation is 1. The Hall–Kier alpha value is -2.08. The Bertz CT molecular complexity index is 636. The van der Waals surface area contributed by atoms with Crippen molar-refractivity contribution in [3.8, 4) is 0 Å². The highest BCUT2D eigenvalue weighted by Gasteiger charge is 2.26. The molecule has 1 aromatic rings. The van der Waals surface area contributed by atoms with Crippen LogP contribution in [-0.4, -0.2) is 48.7 Å². The van der Waals surface area contributed by atoms with Crippen molar-refractivity contribution in [3.05, 3.63) is 23.8 Å². The highest BCUT2D eigenvalue weighted by atomic mass is 16.5. The first kappa shape index (κ1) is 16.8. The number of carbonyl (C=O) groups excluding carboxylic acids is 2. The van der Waals surface area contributed by atoms with E-state index in [-0.39, 0.29) is 24.1 Å². The van der Waals surface area contributed by atoms with Crippen molar-refractivity contribution >= 4 is 23.3 Å². The van der Waals surface area contributed by atoms with Gasteiger partial charge >= 0.3 is 6.03 Å². The number of urea groups is 1. The molecule has 1 fully saturated rings. The minimum Gasteiger partial charge on any atom is -0.372 e. The van der Waals surface area contributed by atoms with Crippen molar-refractivity contribution in [2.24, 2.45) is 0 Å². The standard InChI is InChI=1S/C18H25N3O3/c1-12-10-20(11-13(2)24-12)18(23)19-16-6-7-17-15(9-16)5-4-8-21(17)14(3)22/h6-7,9,12-13H,4-5,8,10-11H2,1-3H3,(H,19,23). The zero-order chi connectivity index (χ0) is 17.3. The number of morpholine rings is 1. The Labute approximate surface area is 142 Å². The van der Waals surface area contributed by atoms with E-state index in [1.807, 2.05) is 32.0 Å². The summed E-state index contributed by atoms with van der Waals surface area (Å²) in [6.45, 7) is 7.50. The summed E-state index contributed by atoms with van der Waals surface area (Å²) in [5.41, 5.74) is 2.84. The quantitative estimate of drug-likeness (QED) is 0.860. The number of rotatable bonds is 1. The molecule has 3 rings (SSSR count). The summed E-state index contributed by atoms with van der Waals surface area (Å²) in [5.74, 6) is 0.0593. The fraction of sp³-hybridized carbons (Fsp3) is 0.556. The van der Waals surface area contributed by atoms with Gasteiger partial charge in [-0.25, -0.2) is 4.79 Å². The Kier molecular flexibility index (Phi) is 4.76. The van der Waals surface area contributed by atoms with E-state index in [9.17, 15) is 9.59 Å². The van der Waals surface area contributed by atoms with Crippen LogP contribution in [-0.2, 0) is 16.0 Å². The summed E-state index contributed by atoms with van der Waals surface area (Å²) in [6, 6.07) is 5.67. The van der Waals surface area contributed by atoms with Gasteiger partial charge in [0.05, 0.1) is 12.2 Å². The van der Waals surface area contributed by atoms with Crippen molar-refractivity contribution in [1.29, 1.82) is 0 Å². The lowest BCUT2D eigenvalue weighted by molar-refractivity contribution is -0.116. The zero-order valence-corrected chi connectivity index (χ0v) is 14.5. The minimum absolute atomic E-state index is 0.0483. The van der Waals surface area contributed by atoms with Crippen LogP contribution in [0.2, 0.25) is 0 Å². The molecule has 1 N–H and O–H groups in total. The summed E-state index contributed by atoms with van der Waals surface area (Å²) < 4.78 is 5.67. The lowest BCUT2D eigenvalue weighted by Gasteiger charge is -2.35. The van der Waals surface area contributed by atoms with Crippen LogP contribution in [0.25, 0.3) is 0 Å². The highest BCUT2D eigenvalue weighted by molar-refractivity contribution is 5.94. The van der Waals surface area contributed by atoms with Gasteiger partial charge in [-0.15, -0.1) is 0 Å². The molecule has 24 heavy (non-hydrogen) atoms. The predicted molar refractivity (Wildman–Crippen MR) is 93.4 cm³/mol. The molecule has 0 spiro atoms. The molecule has 1 saturated heterocycles. The number of nitrogens with zero attached hydrogens (tertiary/aromatic N) is 2. The van der Waals surface area contributed by atoms with Crippen LogP contribution in [0, 0.1) is 0 Å². The minimum atomic E-state index is -0.101. The Morgan fingerprint density at radius 3 is 2.58 bits per heavy atom. The third-order valence-electron chi connectivity index (χ3n) is 4.54. The van der Waals surface area contributed by atoms with E-state index in [1.165, 1.54) is 0 Å². The van der Waals surface area contributed by atoms with E-state index in [0.29, 0.717) is 13.1 Å². The zero-order valence-electron chi connectivity index (χ0n) is 14.5. The summed E-state index contributed by atoms with van der Waals surface area (Å²) in [5, 5.41) is 2.97. The summed E-state index contributed by atoms with van der Waals surface area (Å²) in [7, 11) is 0. The second-order valence-electron chi connectivity index (χ2n) is 6.71. The number of anilines is 2. The third kappa shape index (κ3) is 3.53. The normalized spacial score (nSPS) is 23.6. The van der Waals surface area contributed by atoms with E-state index in [0.717, 1.165) is 36.3 Å². The molecule has 6 nitrogen and oxygen atoms in total. The van der Waals surface area contributed by atoms with Gasteiger partial charge in [-0.3, -0.25) is 4.79 Å². The molecule has 2 aliphatic rings. The van der Waals surface area contributed by atoms with E-state index in [1.54, 1.807) is 16.7 Å². The van der Waals surface area contributed by atoms with E-state index in [2.05, 4.69) is 5.32 Å². The second-order valence-corrected chi connectivity index (χ2v) is 6.71. The van der Waals surface area contributed by atoms with Crippen molar-refractivity contribution in [2.75, 3.05) is 29.9 Å². The van der Waals surface area contributed by atoms with Crippen molar-refractivity contribution in [3.63, 3.8) is 0 Å². The molecular formula is C18H25N3O3. The predicted octanol–water partition coefficient (Wildman–Crippen LogP) is 2.63. The van der Waals surface area contributed by atoms with Crippen molar-refractivity contribution < 1.29 is 14.3 Å². The van der Waals surface area contributed by atoms with E-state index in [4.69, 9.17) is 4.74 Å². The highest BCUT2D eigenvalue weighted by Crippen LogP contribution is 2.30. The molecule has 6 heteroatoms. The van der Waals surface area contributed by atoms with Gasteiger partial charge in [0.15, 0.2) is 0 Å². The van der Waals surface area contributed by atoms with E-state index < -0.39 is 0 Å². The fourth-order valence-electron chi connectivity index (χ4n) is 3.55. The van der Waals surface area contributed by atoms with Gasteiger partial charge < -0.3 is 19.9 Å². The Morgan fingerprint density at radius 2 is 1.92 bits per heavy atom. The maximum absolute atomic E-state index is 12.5. The van der Waals surface area contributed by atoms with Crippen molar-refractivity contribution in [1.82, 2.24) is 4.90 Å². The monoisotopic (exact) mass is 331 g/mol. The Morgan fingerprint density at radius 1 is 1.21 bits per heavy atom. The first-order chi connectivity index (χ1) is 11.4. The molecule has 0 bridgehead atoms. The van der Waals surface area contributed by atoms with Crippen LogP contribution in [0.15, 0.2) is 18.2 Å². The first-order valence-electron chi connectivity index (χ1n) is 8.56. The van der Waals surface area contributed by atoms with Gasteiger partial charge in [-0.2, -0.15) is 0 Å². The van der Waals surface area contributed by atoms with Crippen LogP contribution in [0.4, 0.5) is 16.2 Å². The van der Waals surface area contributed by atoms with Gasteiger partial charge in [0.2, 0.25) is 5.91 Å². The molecule has 0 aromatic heterocycles. The number of amides is 3. The van der Waals surface area contributed by atoms with Crippen LogP contribution in [0.3, 0.4) is 0 Å². The lowest BCUT2D eigenvalue weighted by atomic mass is 10.0. The fourth-order valence-corrected chi connectivity index (χ4v) is 3.55. The second kappa shape index (κ2) is 6.81. The maximum atomic E-state index is 12.5.